The smallest absolute Gasteiger partial charge is 0.122 e. The zero-order chi connectivity index (χ0) is 10.4. The summed E-state index contributed by atoms with van der Waals surface area (Å²) in [5.41, 5.74) is 1.22. The third-order valence-electron chi connectivity index (χ3n) is 2.19. The maximum atomic E-state index is 8.86. The molecule has 2 heteroatoms. The molecule has 1 aromatic rings. The molecule has 0 aliphatic carbocycles. The van der Waals surface area contributed by atoms with E-state index in [1.54, 1.807) is 0 Å². The first kappa shape index (κ1) is 11.1. The van der Waals surface area contributed by atoms with Crippen molar-refractivity contribution >= 4 is 0 Å². The summed E-state index contributed by atoms with van der Waals surface area (Å²) in [6, 6.07) is 8.03. The molecular formula is C12H18O2. The van der Waals surface area contributed by atoms with Crippen LogP contribution in [-0.4, -0.2) is 18.3 Å². The summed E-state index contributed by atoms with van der Waals surface area (Å²) in [4.78, 5) is 0. The topological polar surface area (TPSA) is 29.5 Å². The van der Waals surface area contributed by atoms with Gasteiger partial charge >= 0.3 is 0 Å². The Hall–Kier alpha value is -1.02. The van der Waals surface area contributed by atoms with Gasteiger partial charge in [0.1, 0.15) is 5.75 Å². The number of ether oxygens (including phenoxy) is 1. The Bertz CT molecular complexity index is 271. The summed E-state index contributed by atoms with van der Waals surface area (Å²) in [6.07, 6.45) is 0.976. The Balaban J connectivity index is 2.57. The van der Waals surface area contributed by atoms with E-state index in [4.69, 9.17) is 9.84 Å². The SMILES string of the molecule is CCc1ccccc1OCC(C)CO. The zero-order valence-corrected chi connectivity index (χ0v) is 8.86. The fourth-order valence-electron chi connectivity index (χ4n) is 1.22. The van der Waals surface area contributed by atoms with Gasteiger partial charge in [0.2, 0.25) is 0 Å². The van der Waals surface area contributed by atoms with Gasteiger partial charge in [-0.25, -0.2) is 0 Å². The molecule has 0 heterocycles. The average Bonchev–Trinajstić information content (AvgIpc) is 2.26. The van der Waals surface area contributed by atoms with E-state index in [0.29, 0.717) is 6.61 Å². The summed E-state index contributed by atoms with van der Waals surface area (Å²) in [5, 5.41) is 8.86. The molecule has 0 saturated heterocycles. The van der Waals surface area contributed by atoms with Gasteiger partial charge < -0.3 is 9.84 Å². The van der Waals surface area contributed by atoms with Crippen LogP contribution in [0.15, 0.2) is 24.3 Å². The third kappa shape index (κ3) is 3.04. The minimum atomic E-state index is 0.175. The number of para-hydroxylation sites is 1. The van der Waals surface area contributed by atoms with Gasteiger partial charge in [-0.05, 0) is 18.1 Å². The lowest BCUT2D eigenvalue weighted by Gasteiger charge is -2.13. The molecule has 0 spiro atoms. The second-order valence-corrected chi connectivity index (χ2v) is 3.56. The predicted octanol–water partition coefficient (Wildman–Crippen LogP) is 2.26. The number of benzene rings is 1. The number of rotatable bonds is 5. The number of hydrogen-bond donors (Lipinski definition) is 1. The Morgan fingerprint density at radius 3 is 2.71 bits per heavy atom. The standard InChI is InChI=1S/C12H18O2/c1-3-11-6-4-5-7-12(11)14-9-10(2)8-13/h4-7,10,13H,3,8-9H2,1-2H3. The van der Waals surface area contributed by atoms with Gasteiger partial charge in [0.05, 0.1) is 6.61 Å². The van der Waals surface area contributed by atoms with Crippen LogP contribution in [0.4, 0.5) is 0 Å². The quantitative estimate of drug-likeness (QED) is 0.779. The van der Waals surface area contributed by atoms with E-state index in [9.17, 15) is 0 Å². The Kier molecular flexibility index (Phi) is 4.47. The first-order valence-electron chi connectivity index (χ1n) is 5.09. The number of aliphatic hydroxyl groups is 1. The summed E-state index contributed by atoms with van der Waals surface area (Å²) in [5.74, 6) is 1.13. The fraction of sp³-hybridized carbons (Fsp3) is 0.500. The van der Waals surface area contributed by atoms with E-state index in [1.165, 1.54) is 5.56 Å². The summed E-state index contributed by atoms with van der Waals surface area (Å²) >= 11 is 0. The van der Waals surface area contributed by atoms with Crippen molar-refractivity contribution in [2.45, 2.75) is 20.3 Å². The molecule has 0 aliphatic heterocycles. The van der Waals surface area contributed by atoms with Gasteiger partial charge in [-0.15, -0.1) is 0 Å². The van der Waals surface area contributed by atoms with Crippen molar-refractivity contribution < 1.29 is 9.84 Å². The van der Waals surface area contributed by atoms with Crippen LogP contribution < -0.4 is 4.74 Å². The first-order chi connectivity index (χ1) is 6.77. The van der Waals surface area contributed by atoms with E-state index in [0.717, 1.165) is 12.2 Å². The van der Waals surface area contributed by atoms with E-state index in [-0.39, 0.29) is 12.5 Å². The van der Waals surface area contributed by atoms with Crippen LogP contribution in [0.5, 0.6) is 5.75 Å². The average molecular weight is 194 g/mol. The third-order valence-corrected chi connectivity index (χ3v) is 2.19. The highest BCUT2D eigenvalue weighted by Gasteiger charge is 2.03. The van der Waals surface area contributed by atoms with Gasteiger partial charge in [-0.1, -0.05) is 32.0 Å². The lowest BCUT2D eigenvalue weighted by atomic mass is 10.1. The lowest BCUT2D eigenvalue weighted by molar-refractivity contribution is 0.173. The Labute approximate surface area is 85.5 Å². The van der Waals surface area contributed by atoms with Gasteiger partial charge in [0.15, 0.2) is 0 Å². The molecule has 2 nitrogen and oxygen atoms in total. The van der Waals surface area contributed by atoms with Crippen LogP contribution in [0, 0.1) is 5.92 Å². The van der Waals surface area contributed by atoms with Gasteiger partial charge in [0.25, 0.3) is 0 Å². The highest BCUT2D eigenvalue weighted by atomic mass is 16.5. The van der Waals surface area contributed by atoms with Crippen molar-refractivity contribution in [1.29, 1.82) is 0 Å². The summed E-state index contributed by atoms with van der Waals surface area (Å²) < 4.78 is 5.62. The normalized spacial score (nSPS) is 12.5. The molecule has 0 saturated carbocycles. The number of aliphatic hydroxyl groups excluding tert-OH is 1. The van der Waals surface area contributed by atoms with E-state index in [1.807, 2.05) is 25.1 Å². The van der Waals surface area contributed by atoms with Crippen LogP contribution >= 0.6 is 0 Å². The van der Waals surface area contributed by atoms with Crippen LogP contribution in [0.1, 0.15) is 19.4 Å². The molecule has 1 aromatic carbocycles. The molecule has 0 bridgehead atoms. The molecule has 14 heavy (non-hydrogen) atoms. The van der Waals surface area contributed by atoms with Crippen LogP contribution in [-0.2, 0) is 6.42 Å². The molecule has 0 aromatic heterocycles. The van der Waals surface area contributed by atoms with Crippen molar-refractivity contribution in [2.75, 3.05) is 13.2 Å². The fourth-order valence-corrected chi connectivity index (χ4v) is 1.22. The van der Waals surface area contributed by atoms with E-state index >= 15 is 0 Å². The van der Waals surface area contributed by atoms with Crippen LogP contribution in [0.3, 0.4) is 0 Å². The molecule has 0 fully saturated rings. The van der Waals surface area contributed by atoms with Crippen molar-refractivity contribution in [3.05, 3.63) is 29.8 Å². The van der Waals surface area contributed by atoms with Crippen LogP contribution in [0.25, 0.3) is 0 Å². The van der Waals surface area contributed by atoms with Crippen molar-refractivity contribution in [1.82, 2.24) is 0 Å². The van der Waals surface area contributed by atoms with E-state index in [2.05, 4.69) is 13.0 Å². The molecule has 1 atom stereocenters. The molecule has 0 amide bonds. The minimum Gasteiger partial charge on any atom is -0.493 e. The van der Waals surface area contributed by atoms with Gasteiger partial charge in [-0.2, -0.15) is 0 Å². The second-order valence-electron chi connectivity index (χ2n) is 3.56. The minimum absolute atomic E-state index is 0.175. The van der Waals surface area contributed by atoms with Crippen molar-refractivity contribution in [3.63, 3.8) is 0 Å². The molecular weight excluding hydrogens is 176 g/mol. The highest BCUT2D eigenvalue weighted by Crippen LogP contribution is 2.18. The molecule has 78 valence electrons. The van der Waals surface area contributed by atoms with Crippen LogP contribution in [0.2, 0.25) is 0 Å². The molecule has 0 radical (unpaired) electrons. The lowest BCUT2D eigenvalue weighted by Crippen LogP contribution is -2.12. The molecule has 1 unspecified atom stereocenters. The Morgan fingerprint density at radius 2 is 2.07 bits per heavy atom. The number of hydrogen-bond acceptors (Lipinski definition) is 2. The predicted molar refractivity (Wildman–Crippen MR) is 57.6 cm³/mol. The molecule has 1 rings (SSSR count). The monoisotopic (exact) mass is 194 g/mol. The number of aryl methyl sites for hydroxylation is 1. The first-order valence-corrected chi connectivity index (χ1v) is 5.09. The van der Waals surface area contributed by atoms with Crippen molar-refractivity contribution in [3.8, 4) is 5.75 Å². The van der Waals surface area contributed by atoms with Gasteiger partial charge in [0, 0.05) is 12.5 Å². The summed E-state index contributed by atoms with van der Waals surface area (Å²) in [6.45, 7) is 4.83. The van der Waals surface area contributed by atoms with Crippen molar-refractivity contribution in [2.24, 2.45) is 5.92 Å². The van der Waals surface area contributed by atoms with Gasteiger partial charge in [-0.3, -0.25) is 0 Å². The summed E-state index contributed by atoms with van der Waals surface area (Å²) in [7, 11) is 0. The maximum absolute atomic E-state index is 8.86. The zero-order valence-electron chi connectivity index (χ0n) is 8.86. The second kappa shape index (κ2) is 5.66. The molecule has 1 N–H and O–H groups in total. The molecule has 0 aliphatic rings. The maximum Gasteiger partial charge on any atom is 0.122 e. The largest absolute Gasteiger partial charge is 0.493 e. The Morgan fingerprint density at radius 1 is 1.36 bits per heavy atom. The highest BCUT2D eigenvalue weighted by molar-refractivity contribution is 5.33. The van der Waals surface area contributed by atoms with E-state index < -0.39 is 0 Å².